The van der Waals surface area contributed by atoms with Gasteiger partial charge in [0.25, 0.3) is 0 Å². The fourth-order valence-corrected chi connectivity index (χ4v) is 1.97. The molecule has 0 atom stereocenters. The molecule has 0 fully saturated rings. The molecule has 1 nitrogen and oxygen atoms in total. The van der Waals surface area contributed by atoms with Gasteiger partial charge in [-0.2, -0.15) is 0 Å². The summed E-state index contributed by atoms with van der Waals surface area (Å²) in [7, 11) is 0. The van der Waals surface area contributed by atoms with Crippen LogP contribution in [0.1, 0.15) is 11.1 Å². The number of rotatable bonds is 4. The van der Waals surface area contributed by atoms with E-state index in [9.17, 15) is 0 Å². The molecule has 0 aromatic heterocycles. The minimum Gasteiger partial charge on any atom is -0.457 e. The molecular formula is C15H11Cl3O. The molecule has 0 saturated carbocycles. The van der Waals surface area contributed by atoms with Crippen molar-refractivity contribution < 1.29 is 4.74 Å². The molecule has 0 unspecified atom stereocenters. The van der Waals surface area contributed by atoms with Gasteiger partial charge in [0, 0.05) is 5.88 Å². The first-order valence-electron chi connectivity index (χ1n) is 5.63. The molecule has 0 heterocycles. The summed E-state index contributed by atoms with van der Waals surface area (Å²) >= 11 is 16.9. The van der Waals surface area contributed by atoms with Crippen molar-refractivity contribution in [3.63, 3.8) is 0 Å². The average molecular weight is 314 g/mol. The summed E-state index contributed by atoms with van der Waals surface area (Å²) < 4.78 is 5.94. The molecule has 0 aliphatic rings. The van der Waals surface area contributed by atoms with Gasteiger partial charge >= 0.3 is 0 Å². The summed E-state index contributed by atoms with van der Waals surface area (Å²) in [6.07, 6.45) is 1.67. The minimum atomic E-state index is 0.227. The third-order valence-electron chi connectivity index (χ3n) is 2.47. The summed E-state index contributed by atoms with van der Waals surface area (Å²) in [5, 5.41) is 0. The van der Waals surface area contributed by atoms with E-state index in [1.807, 2.05) is 48.5 Å². The Morgan fingerprint density at radius 3 is 1.89 bits per heavy atom. The van der Waals surface area contributed by atoms with Gasteiger partial charge < -0.3 is 4.74 Å². The predicted molar refractivity (Wildman–Crippen MR) is 82.2 cm³/mol. The van der Waals surface area contributed by atoms with Gasteiger partial charge in [0.1, 0.15) is 16.0 Å². The second-order valence-electron chi connectivity index (χ2n) is 3.88. The Labute approximate surface area is 127 Å². The van der Waals surface area contributed by atoms with Crippen LogP contribution in [0.15, 0.2) is 53.0 Å². The summed E-state index contributed by atoms with van der Waals surface area (Å²) in [4.78, 5) is 0. The lowest BCUT2D eigenvalue weighted by atomic mass is 10.2. The van der Waals surface area contributed by atoms with Crippen molar-refractivity contribution in [3.05, 3.63) is 64.1 Å². The largest absolute Gasteiger partial charge is 0.457 e. The van der Waals surface area contributed by atoms with Crippen molar-refractivity contribution in [1.82, 2.24) is 0 Å². The molecule has 0 aliphatic carbocycles. The Morgan fingerprint density at radius 1 is 0.895 bits per heavy atom. The quantitative estimate of drug-likeness (QED) is 0.630. The summed E-state index contributed by atoms with van der Waals surface area (Å²) in [5.41, 5.74) is 1.98. The molecule has 2 rings (SSSR count). The van der Waals surface area contributed by atoms with Crippen molar-refractivity contribution in [2.75, 3.05) is 0 Å². The summed E-state index contributed by atoms with van der Waals surface area (Å²) in [6.45, 7) is 0. The fraction of sp³-hybridized carbons (Fsp3) is 0.0667. The van der Waals surface area contributed by atoms with Crippen LogP contribution in [0.3, 0.4) is 0 Å². The highest BCUT2D eigenvalue weighted by Gasteiger charge is 1.98. The van der Waals surface area contributed by atoms with E-state index in [4.69, 9.17) is 39.5 Å². The van der Waals surface area contributed by atoms with Crippen LogP contribution < -0.4 is 4.74 Å². The van der Waals surface area contributed by atoms with Gasteiger partial charge in [-0.25, -0.2) is 0 Å². The van der Waals surface area contributed by atoms with Crippen molar-refractivity contribution >= 4 is 40.9 Å². The molecule has 2 aromatic rings. The van der Waals surface area contributed by atoms with E-state index >= 15 is 0 Å². The van der Waals surface area contributed by atoms with E-state index in [2.05, 4.69) is 0 Å². The van der Waals surface area contributed by atoms with Crippen LogP contribution in [0.5, 0.6) is 11.5 Å². The second kappa shape index (κ2) is 6.85. The lowest BCUT2D eigenvalue weighted by Gasteiger charge is -2.06. The molecule has 0 saturated heterocycles. The molecular weight excluding hydrogens is 303 g/mol. The van der Waals surface area contributed by atoms with E-state index in [-0.39, 0.29) is 4.49 Å². The van der Waals surface area contributed by atoms with Crippen LogP contribution in [0.4, 0.5) is 0 Å². The zero-order chi connectivity index (χ0) is 13.7. The third kappa shape index (κ3) is 4.46. The SMILES string of the molecule is ClCc1ccc(Oc2ccc(C=C(Cl)Cl)cc2)cc1. The van der Waals surface area contributed by atoms with E-state index in [0.717, 1.165) is 22.6 Å². The zero-order valence-corrected chi connectivity index (χ0v) is 12.2. The Morgan fingerprint density at radius 2 is 1.42 bits per heavy atom. The normalized spacial score (nSPS) is 10.1. The van der Waals surface area contributed by atoms with Gasteiger partial charge in [-0.15, -0.1) is 11.6 Å². The Kier molecular flexibility index (Phi) is 5.15. The highest BCUT2D eigenvalue weighted by Crippen LogP contribution is 2.23. The van der Waals surface area contributed by atoms with E-state index < -0.39 is 0 Å². The molecule has 98 valence electrons. The van der Waals surface area contributed by atoms with Gasteiger partial charge in [-0.05, 0) is 41.5 Å². The summed E-state index contributed by atoms with van der Waals surface area (Å²) in [6, 6.07) is 15.1. The number of hydrogen-bond acceptors (Lipinski definition) is 1. The molecule has 2 aromatic carbocycles. The summed E-state index contributed by atoms with van der Waals surface area (Å²) in [5.74, 6) is 2.02. The number of ether oxygens (including phenoxy) is 1. The lowest BCUT2D eigenvalue weighted by molar-refractivity contribution is 0.482. The first kappa shape index (κ1) is 14.3. The smallest absolute Gasteiger partial charge is 0.127 e. The highest BCUT2D eigenvalue weighted by molar-refractivity contribution is 6.57. The number of hydrogen-bond donors (Lipinski definition) is 0. The van der Waals surface area contributed by atoms with Crippen molar-refractivity contribution in [1.29, 1.82) is 0 Å². The lowest BCUT2D eigenvalue weighted by Crippen LogP contribution is -1.85. The number of alkyl halides is 1. The van der Waals surface area contributed by atoms with E-state index in [1.54, 1.807) is 6.08 Å². The maximum absolute atomic E-state index is 5.73. The standard InChI is InChI=1S/C15H11Cl3O/c16-10-12-3-7-14(8-4-12)19-13-5-1-11(2-6-13)9-15(17)18/h1-9H,10H2. The number of benzene rings is 2. The van der Waals surface area contributed by atoms with Crippen molar-refractivity contribution in [3.8, 4) is 11.5 Å². The maximum Gasteiger partial charge on any atom is 0.127 e. The maximum atomic E-state index is 5.73. The van der Waals surface area contributed by atoms with Crippen LogP contribution in [0.2, 0.25) is 0 Å². The highest BCUT2D eigenvalue weighted by atomic mass is 35.5. The Bertz CT molecular complexity index is 555. The van der Waals surface area contributed by atoms with Crippen LogP contribution in [-0.2, 0) is 5.88 Å². The predicted octanol–water partition coefficient (Wildman–Crippen LogP) is 5.99. The monoisotopic (exact) mass is 312 g/mol. The molecule has 0 radical (unpaired) electrons. The zero-order valence-electron chi connectivity index (χ0n) is 9.95. The molecule has 0 amide bonds. The third-order valence-corrected chi connectivity index (χ3v) is 3.00. The molecule has 0 N–H and O–H groups in total. The molecule has 4 heteroatoms. The number of halogens is 3. The van der Waals surface area contributed by atoms with Crippen LogP contribution in [-0.4, -0.2) is 0 Å². The fourth-order valence-electron chi connectivity index (χ4n) is 1.54. The minimum absolute atomic E-state index is 0.227. The second-order valence-corrected chi connectivity index (χ2v) is 5.16. The van der Waals surface area contributed by atoms with Gasteiger partial charge in [0.2, 0.25) is 0 Å². The van der Waals surface area contributed by atoms with Crippen molar-refractivity contribution in [2.24, 2.45) is 0 Å². The average Bonchev–Trinajstić information content (AvgIpc) is 2.41. The first-order valence-corrected chi connectivity index (χ1v) is 6.92. The topological polar surface area (TPSA) is 9.23 Å². The Hall–Kier alpha value is -1.15. The van der Waals surface area contributed by atoms with Crippen LogP contribution in [0.25, 0.3) is 6.08 Å². The molecule has 0 spiro atoms. The molecule has 19 heavy (non-hydrogen) atoms. The van der Waals surface area contributed by atoms with Gasteiger partial charge in [-0.3, -0.25) is 0 Å². The van der Waals surface area contributed by atoms with Crippen LogP contribution in [0, 0.1) is 0 Å². The molecule has 0 aliphatic heterocycles. The van der Waals surface area contributed by atoms with Gasteiger partial charge in [0.05, 0.1) is 0 Å². The molecule has 0 bridgehead atoms. The first-order chi connectivity index (χ1) is 9.17. The van der Waals surface area contributed by atoms with Gasteiger partial charge in [-0.1, -0.05) is 47.5 Å². The van der Waals surface area contributed by atoms with Gasteiger partial charge in [0.15, 0.2) is 0 Å². The van der Waals surface area contributed by atoms with Crippen LogP contribution >= 0.6 is 34.8 Å². The Balaban J connectivity index is 2.08. The van der Waals surface area contributed by atoms with E-state index in [1.165, 1.54) is 0 Å². The van der Waals surface area contributed by atoms with Crippen molar-refractivity contribution in [2.45, 2.75) is 5.88 Å². The van der Waals surface area contributed by atoms with E-state index in [0.29, 0.717) is 5.88 Å².